The van der Waals surface area contributed by atoms with Gasteiger partial charge in [0, 0.05) is 18.8 Å². The fourth-order valence-corrected chi connectivity index (χ4v) is 3.14. The highest BCUT2D eigenvalue weighted by Crippen LogP contribution is 2.34. The number of hydrogen-bond acceptors (Lipinski definition) is 2. The SMILES string of the molecule is O=C(O)c1ccc2c(c1)CCN2CC1C=C(C(F)(F)F)C=CC1. The number of carbonyl (C=O) groups is 1. The van der Waals surface area contributed by atoms with Crippen LogP contribution in [-0.4, -0.2) is 30.3 Å². The van der Waals surface area contributed by atoms with Crippen LogP contribution < -0.4 is 4.90 Å². The molecule has 1 aromatic rings. The summed E-state index contributed by atoms with van der Waals surface area (Å²) in [4.78, 5) is 13.0. The zero-order chi connectivity index (χ0) is 16.6. The first-order valence-electron chi connectivity index (χ1n) is 7.41. The topological polar surface area (TPSA) is 40.5 Å². The van der Waals surface area contributed by atoms with Gasteiger partial charge in [-0.2, -0.15) is 13.2 Å². The predicted octanol–water partition coefficient (Wildman–Crippen LogP) is 3.81. The Hall–Kier alpha value is -2.24. The van der Waals surface area contributed by atoms with Gasteiger partial charge in [-0.1, -0.05) is 18.2 Å². The van der Waals surface area contributed by atoms with E-state index in [1.54, 1.807) is 18.2 Å². The number of nitrogens with zero attached hydrogens (tertiary/aromatic N) is 1. The zero-order valence-electron chi connectivity index (χ0n) is 12.3. The molecule has 0 aromatic heterocycles. The van der Waals surface area contributed by atoms with Gasteiger partial charge < -0.3 is 10.0 Å². The molecule has 1 aromatic carbocycles. The molecule has 6 heteroatoms. The van der Waals surface area contributed by atoms with Crippen LogP contribution in [-0.2, 0) is 6.42 Å². The highest BCUT2D eigenvalue weighted by atomic mass is 19.4. The number of anilines is 1. The van der Waals surface area contributed by atoms with Gasteiger partial charge in [0.05, 0.1) is 11.1 Å². The average Bonchev–Trinajstić information content (AvgIpc) is 2.89. The minimum Gasteiger partial charge on any atom is -0.478 e. The smallest absolute Gasteiger partial charge is 0.416 e. The average molecular weight is 323 g/mol. The molecule has 2 aliphatic rings. The molecule has 0 bridgehead atoms. The Balaban J connectivity index is 1.76. The fourth-order valence-electron chi connectivity index (χ4n) is 3.14. The molecule has 0 fully saturated rings. The Morgan fingerprint density at radius 1 is 1.35 bits per heavy atom. The van der Waals surface area contributed by atoms with Gasteiger partial charge in [-0.05, 0) is 42.5 Å². The summed E-state index contributed by atoms with van der Waals surface area (Å²) in [6.45, 7) is 1.21. The molecule has 3 rings (SSSR count). The molecule has 1 aliphatic carbocycles. The van der Waals surface area contributed by atoms with Crippen molar-refractivity contribution in [3.8, 4) is 0 Å². The molecule has 122 valence electrons. The molecule has 23 heavy (non-hydrogen) atoms. The summed E-state index contributed by atoms with van der Waals surface area (Å²) >= 11 is 0. The van der Waals surface area contributed by atoms with E-state index in [1.807, 2.05) is 4.90 Å². The maximum Gasteiger partial charge on any atom is 0.416 e. The van der Waals surface area contributed by atoms with E-state index in [1.165, 1.54) is 12.1 Å². The van der Waals surface area contributed by atoms with Crippen LogP contribution >= 0.6 is 0 Å². The minimum absolute atomic E-state index is 0.193. The summed E-state index contributed by atoms with van der Waals surface area (Å²) < 4.78 is 38.4. The van der Waals surface area contributed by atoms with Crippen molar-refractivity contribution in [2.45, 2.75) is 19.0 Å². The molecular formula is C17H16F3NO2. The van der Waals surface area contributed by atoms with E-state index < -0.39 is 17.7 Å². The van der Waals surface area contributed by atoms with Gasteiger partial charge in [0.2, 0.25) is 0 Å². The van der Waals surface area contributed by atoms with Gasteiger partial charge in [-0.25, -0.2) is 4.79 Å². The molecule has 0 saturated carbocycles. The van der Waals surface area contributed by atoms with E-state index >= 15 is 0 Å². The number of benzene rings is 1. The van der Waals surface area contributed by atoms with Crippen molar-refractivity contribution in [2.75, 3.05) is 18.0 Å². The van der Waals surface area contributed by atoms with Gasteiger partial charge in [0.15, 0.2) is 0 Å². The van der Waals surface area contributed by atoms with E-state index in [-0.39, 0.29) is 11.5 Å². The fraction of sp³-hybridized carbons (Fsp3) is 0.353. The number of carboxylic acids is 1. The molecule has 1 aliphatic heterocycles. The van der Waals surface area contributed by atoms with Crippen molar-refractivity contribution in [1.82, 2.24) is 0 Å². The summed E-state index contributed by atoms with van der Waals surface area (Å²) in [6.07, 6.45) is 0.983. The van der Waals surface area contributed by atoms with Gasteiger partial charge in [-0.3, -0.25) is 0 Å². The van der Waals surface area contributed by atoms with Gasteiger partial charge >= 0.3 is 12.1 Å². The van der Waals surface area contributed by atoms with Crippen LogP contribution in [0.15, 0.2) is 42.0 Å². The number of rotatable bonds is 3. The first kappa shape index (κ1) is 15.6. The third kappa shape index (κ3) is 3.25. The van der Waals surface area contributed by atoms with Crippen LogP contribution in [0.5, 0.6) is 0 Å². The van der Waals surface area contributed by atoms with Gasteiger partial charge in [0.1, 0.15) is 0 Å². The van der Waals surface area contributed by atoms with Crippen LogP contribution in [0.3, 0.4) is 0 Å². The third-order valence-corrected chi connectivity index (χ3v) is 4.25. The summed E-state index contributed by atoms with van der Waals surface area (Å²) in [5.74, 6) is -1.16. The Morgan fingerprint density at radius 3 is 2.83 bits per heavy atom. The lowest BCUT2D eigenvalue weighted by Gasteiger charge is -2.26. The number of fused-ring (bicyclic) bond motifs is 1. The third-order valence-electron chi connectivity index (χ3n) is 4.25. The molecule has 1 unspecified atom stereocenters. The van der Waals surface area contributed by atoms with Gasteiger partial charge in [0.25, 0.3) is 0 Å². The lowest BCUT2D eigenvalue weighted by atomic mass is 9.95. The molecule has 0 amide bonds. The summed E-state index contributed by atoms with van der Waals surface area (Å²) in [5.41, 5.74) is 1.52. The van der Waals surface area contributed by atoms with Crippen LogP contribution in [0, 0.1) is 5.92 Å². The Kier molecular flexibility index (Phi) is 3.92. The second-order valence-corrected chi connectivity index (χ2v) is 5.86. The zero-order valence-corrected chi connectivity index (χ0v) is 12.3. The first-order valence-corrected chi connectivity index (χ1v) is 7.41. The van der Waals surface area contributed by atoms with E-state index in [2.05, 4.69) is 0 Å². The Labute approximate surface area is 131 Å². The summed E-state index contributed by atoms with van der Waals surface area (Å²) in [5, 5.41) is 9.01. The summed E-state index contributed by atoms with van der Waals surface area (Å²) in [7, 11) is 0. The highest BCUT2D eigenvalue weighted by Gasteiger charge is 2.34. The lowest BCUT2D eigenvalue weighted by Crippen LogP contribution is -2.28. The van der Waals surface area contributed by atoms with E-state index in [4.69, 9.17) is 5.11 Å². The number of allylic oxidation sites excluding steroid dienone is 3. The standard InChI is InChI=1S/C17H16F3NO2/c18-17(19,20)14-3-1-2-11(8-14)10-21-7-6-12-9-13(16(22)23)4-5-15(12)21/h1,3-5,8-9,11H,2,6-7,10H2,(H,22,23). The van der Waals surface area contributed by atoms with Crippen molar-refractivity contribution in [2.24, 2.45) is 5.92 Å². The molecule has 3 nitrogen and oxygen atoms in total. The lowest BCUT2D eigenvalue weighted by molar-refractivity contribution is -0.0889. The summed E-state index contributed by atoms with van der Waals surface area (Å²) in [6, 6.07) is 4.94. The normalized spacial score (nSPS) is 20.4. The number of carboxylic acid groups (broad SMARTS) is 1. The number of aromatic carboxylic acids is 1. The molecule has 1 heterocycles. The number of halogens is 3. The monoisotopic (exact) mass is 323 g/mol. The minimum atomic E-state index is -4.31. The predicted molar refractivity (Wildman–Crippen MR) is 80.7 cm³/mol. The maximum absolute atomic E-state index is 12.8. The van der Waals surface area contributed by atoms with Crippen molar-refractivity contribution in [3.05, 3.63) is 53.1 Å². The Bertz CT molecular complexity index is 692. The molecule has 1 N–H and O–H groups in total. The van der Waals surface area contributed by atoms with Gasteiger partial charge in [-0.15, -0.1) is 0 Å². The highest BCUT2D eigenvalue weighted by molar-refractivity contribution is 5.88. The second kappa shape index (κ2) is 5.76. The largest absolute Gasteiger partial charge is 0.478 e. The molecule has 1 atom stereocenters. The van der Waals surface area contributed by atoms with E-state index in [0.717, 1.165) is 23.7 Å². The quantitative estimate of drug-likeness (QED) is 0.919. The first-order chi connectivity index (χ1) is 10.8. The van der Waals surface area contributed by atoms with Crippen molar-refractivity contribution in [1.29, 1.82) is 0 Å². The second-order valence-electron chi connectivity index (χ2n) is 5.86. The molecule has 0 radical (unpaired) electrons. The number of hydrogen-bond donors (Lipinski definition) is 1. The van der Waals surface area contributed by atoms with Crippen LogP contribution in [0.1, 0.15) is 22.3 Å². The van der Waals surface area contributed by atoms with Crippen molar-refractivity contribution < 1.29 is 23.1 Å². The number of alkyl halides is 3. The Morgan fingerprint density at radius 2 is 2.13 bits per heavy atom. The molecular weight excluding hydrogens is 307 g/mol. The van der Waals surface area contributed by atoms with E-state index in [0.29, 0.717) is 19.5 Å². The molecule has 0 saturated heterocycles. The van der Waals surface area contributed by atoms with Crippen LogP contribution in [0.25, 0.3) is 0 Å². The maximum atomic E-state index is 12.8. The molecule has 0 spiro atoms. The van der Waals surface area contributed by atoms with Crippen LogP contribution in [0.4, 0.5) is 18.9 Å². The van der Waals surface area contributed by atoms with E-state index in [9.17, 15) is 18.0 Å². The van der Waals surface area contributed by atoms with Crippen LogP contribution in [0.2, 0.25) is 0 Å². The van der Waals surface area contributed by atoms with Crippen molar-refractivity contribution >= 4 is 11.7 Å². The van der Waals surface area contributed by atoms with Crippen molar-refractivity contribution in [3.63, 3.8) is 0 Å².